The molecule has 0 amide bonds. The Morgan fingerprint density at radius 2 is 2.00 bits per heavy atom. The van der Waals surface area contributed by atoms with Crippen molar-refractivity contribution in [3.63, 3.8) is 0 Å². The lowest BCUT2D eigenvalue weighted by molar-refractivity contribution is -0.133. The zero-order chi connectivity index (χ0) is 16.8. The van der Waals surface area contributed by atoms with Gasteiger partial charge in [0.1, 0.15) is 11.3 Å². The van der Waals surface area contributed by atoms with E-state index in [1.165, 1.54) is 0 Å². The minimum absolute atomic E-state index is 0.297. The molecule has 0 aliphatic heterocycles. The molecular formula is C18H16ClN3O2. The van der Waals surface area contributed by atoms with Crippen LogP contribution in [-0.2, 0) is 22.4 Å². The molecule has 3 rings (SSSR count). The molecule has 6 heteroatoms. The van der Waals surface area contributed by atoms with Crippen molar-refractivity contribution in [2.24, 2.45) is 0 Å². The lowest BCUT2D eigenvalue weighted by Crippen LogP contribution is -2.19. The number of hydrogen-bond acceptors (Lipinski definition) is 4. The summed E-state index contributed by atoms with van der Waals surface area (Å²) in [7, 11) is 0. The van der Waals surface area contributed by atoms with Crippen molar-refractivity contribution in [2.45, 2.75) is 18.9 Å². The SMILES string of the molecule is O=COC(Cc1ccc(Cl)nc1)Cc1cc(-c2ccccc2)n[nH]1. The standard InChI is InChI=1S/C18H16ClN3O2/c19-18-7-6-13(11-20-18)8-16(24-12-23)9-15-10-17(22-21-15)14-4-2-1-3-5-14/h1-7,10-12,16H,8-9H2,(H,21,22). The van der Waals surface area contributed by atoms with Crippen molar-refractivity contribution >= 4 is 18.1 Å². The predicted octanol–water partition coefficient (Wildman–Crippen LogP) is 3.45. The lowest BCUT2D eigenvalue weighted by Gasteiger charge is -2.14. The maximum absolute atomic E-state index is 10.8. The smallest absolute Gasteiger partial charge is 0.293 e. The number of hydrogen-bond donors (Lipinski definition) is 1. The second-order valence-electron chi connectivity index (χ2n) is 5.40. The van der Waals surface area contributed by atoms with Gasteiger partial charge in [0.05, 0.1) is 5.69 Å². The molecule has 0 aliphatic rings. The van der Waals surface area contributed by atoms with E-state index in [0.29, 0.717) is 24.5 Å². The van der Waals surface area contributed by atoms with Gasteiger partial charge >= 0.3 is 0 Å². The Morgan fingerprint density at radius 1 is 1.17 bits per heavy atom. The van der Waals surface area contributed by atoms with Crippen molar-refractivity contribution in [3.8, 4) is 11.3 Å². The van der Waals surface area contributed by atoms with Crippen molar-refractivity contribution < 1.29 is 9.53 Å². The summed E-state index contributed by atoms with van der Waals surface area (Å²) in [4.78, 5) is 14.8. The molecule has 122 valence electrons. The molecule has 0 fully saturated rings. The quantitative estimate of drug-likeness (QED) is 0.528. The van der Waals surface area contributed by atoms with Crippen LogP contribution in [0.2, 0.25) is 5.15 Å². The van der Waals surface area contributed by atoms with Crippen molar-refractivity contribution in [1.82, 2.24) is 15.2 Å². The van der Waals surface area contributed by atoms with Crippen LogP contribution in [0.4, 0.5) is 0 Å². The first-order valence-corrected chi connectivity index (χ1v) is 7.91. The predicted molar refractivity (Wildman–Crippen MR) is 91.6 cm³/mol. The van der Waals surface area contributed by atoms with Crippen molar-refractivity contribution in [2.75, 3.05) is 0 Å². The first kappa shape index (κ1) is 16.2. The molecule has 0 spiro atoms. The fraction of sp³-hybridized carbons (Fsp3) is 0.167. The van der Waals surface area contributed by atoms with Crippen LogP contribution in [0.3, 0.4) is 0 Å². The van der Waals surface area contributed by atoms with Gasteiger partial charge < -0.3 is 4.74 Å². The molecule has 1 unspecified atom stereocenters. The van der Waals surface area contributed by atoms with Gasteiger partial charge in [0, 0.05) is 30.3 Å². The monoisotopic (exact) mass is 341 g/mol. The van der Waals surface area contributed by atoms with Crippen LogP contribution in [0.1, 0.15) is 11.3 Å². The van der Waals surface area contributed by atoms with E-state index in [1.807, 2.05) is 42.5 Å². The van der Waals surface area contributed by atoms with E-state index < -0.39 is 0 Å². The molecular weight excluding hydrogens is 326 g/mol. The minimum atomic E-state index is -0.297. The van der Waals surface area contributed by atoms with Crippen LogP contribution in [0, 0.1) is 0 Å². The van der Waals surface area contributed by atoms with Gasteiger partial charge in [-0.05, 0) is 17.7 Å². The topological polar surface area (TPSA) is 67.9 Å². The largest absolute Gasteiger partial charge is 0.464 e. The van der Waals surface area contributed by atoms with Crippen LogP contribution in [0.5, 0.6) is 0 Å². The number of rotatable bonds is 7. The van der Waals surface area contributed by atoms with E-state index in [0.717, 1.165) is 22.5 Å². The number of halogens is 1. The van der Waals surface area contributed by atoms with E-state index in [4.69, 9.17) is 16.3 Å². The summed E-state index contributed by atoms with van der Waals surface area (Å²) >= 11 is 5.79. The molecule has 0 bridgehead atoms. The molecule has 0 saturated carbocycles. The summed E-state index contributed by atoms with van der Waals surface area (Å²) in [5, 5.41) is 7.76. The van der Waals surface area contributed by atoms with Gasteiger partial charge in [0.15, 0.2) is 0 Å². The number of carbonyl (C=O) groups is 1. The Balaban J connectivity index is 1.70. The summed E-state index contributed by atoms with van der Waals surface area (Å²) in [6.07, 6.45) is 2.49. The maximum atomic E-state index is 10.8. The lowest BCUT2D eigenvalue weighted by atomic mass is 10.0. The molecule has 0 aliphatic carbocycles. The molecule has 1 aromatic carbocycles. The van der Waals surface area contributed by atoms with Gasteiger partial charge in [-0.25, -0.2) is 4.98 Å². The van der Waals surface area contributed by atoms with E-state index in [1.54, 1.807) is 12.3 Å². The van der Waals surface area contributed by atoms with Gasteiger partial charge in [-0.15, -0.1) is 0 Å². The average Bonchev–Trinajstić information content (AvgIpc) is 3.06. The summed E-state index contributed by atoms with van der Waals surface area (Å²) in [6, 6.07) is 15.5. The van der Waals surface area contributed by atoms with Gasteiger partial charge in [-0.3, -0.25) is 9.89 Å². The average molecular weight is 342 g/mol. The zero-order valence-corrected chi connectivity index (χ0v) is 13.6. The molecule has 2 aromatic heterocycles. The van der Waals surface area contributed by atoms with Crippen LogP contribution < -0.4 is 0 Å². The van der Waals surface area contributed by atoms with Crippen molar-refractivity contribution in [3.05, 3.63) is 71.1 Å². The number of benzene rings is 1. The van der Waals surface area contributed by atoms with E-state index >= 15 is 0 Å². The molecule has 3 aromatic rings. The number of aromatic amines is 1. The highest BCUT2D eigenvalue weighted by Gasteiger charge is 2.14. The van der Waals surface area contributed by atoms with Crippen LogP contribution in [0.25, 0.3) is 11.3 Å². The molecule has 1 atom stereocenters. The van der Waals surface area contributed by atoms with E-state index in [9.17, 15) is 4.79 Å². The van der Waals surface area contributed by atoms with Crippen LogP contribution >= 0.6 is 11.6 Å². The number of ether oxygens (including phenoxy) is 1. The number of aromatic nitrogens is 3. The van der Waals surface area contributed by atoms with E-state index in [-0.39, 0.29) is 6.10 Å². The summed E-state index contributed by atoms with van der Waals surface area (Å²) in [5.74, 6) is 0. The fourth-order valence-electron chi connectivity index (χ4n) is 2.51. The summed E-state index contributed by atoms with van der Waals surface area (Å²) in [5.41, 5.74) is 3.76. The van der Waals surface area contributed by atoms with Crippen LogP contribution in [0.15, 0.2) is 54.7 Å². The molecule has 2 heterocycles. The number of nitrogens with zero attached hydrogens (tertiary/aromatic N) is 2. The number of nitrogens with one attached hydrogen (secondary N) is 1. The highest BCUT2D eigenvalue weighted by Crippen LogP contribution is 2.19. The van der Waals surface area contributed by atoms with Crippen LogP contribution in [-0.4, -0.2) is 27.8 Å². The van der Waals surface area contributed by atoms with Gasteiger partial charge in [0.25, 0.3) is 6.47 Å². The highest BCUT2D eigenvalue weighted by atomic mass is 35.5. The fourth-order valence-corrected chi connectivity index (χ4v) is 2.62. The molecule has 24 heavy (non-hydrogen) atoms. The molecule has 1 N–H and O–H groups in total. The van der Waals surface area contributed by atoms with Gasteiger partial charge in [-0.1, -0.05) is 48.0 Å². The first-order chi connectivity index (χ1) is 11.7. The second-order valence-corrected chi connectivity index (χ2v) is 5.78. The summed E-state index contributed by atoms with van der Waals surface area (Å²) < 4.78 is 5.21. The zero-order valence-electron chi connectivity index (χ0n) is 12.9. The maximum Gasteiger partial charge on any atom is 0.293 e. The number of pyridine rings is 1. The highest BCUT2D eigenvalue weighted by molar-refractivity contribution is 6.29. The van der Waals surface area contributed by atoms with E-state index in [2.05, 4.69) is 15.2 Å². The first-order valence-electron chi connectivity index (χ1n) is 7.54. The Kier molecular flexibility index (Phi) is 5.23. The number of carbonyl (C=O) groups excluding carboxylic acids is 1. The van der Waals surface area contributed by atoms with Gasteiger partial charge in [0.2, 0.25) is 0 Å². The minimum Gasteiger partial charge on any atom is -0.464 e. The second kappa shape index (κ2) is 7.75. The Hall–Kier alpha value is -2.66. The summed E-state index contributed by atoms with van der Waals surface area (Å²) in [6.45, 7) is 0.475. The normalized spacial score (nSPS) is 11.9. The Bertz CT molecular complexity index is 788. The third-order valence-electron chi connectivity index (χ3n) is 3.65. The molecule has 5 nitrogen and oxygen atoms in total. The van der Waals surface area contributed by atoms with Gasteiger partial charge in [-0.2, -0.15) is 5.10 Å². The molecule has 0 radical (unpaired) electrons. The number of H-pyrrole nitrogens is 1. The third-order valence-corrected chi connectivity index (χ3v) is 3.87. The third kappa shape index (κ3) is 4.20. The van der Waals surface area contributed by atoms with Crippen molar-refractivity contribution in [1.29, 1.82) is 0 Å². The Labute approximate surface area is 144 Å². The molecule has 0 saturated heterocycles. The Morgan fingerprint density at radius 3 is 2.71 bits per heavy atom.